The molecule has 8 heteroatoms. The van der Waals surface area contributed by atoms with E-state index in [2.05, 4.69) is 18.8 Å². The highest BCUT2D eigenvalue weighted by Gasteiger charge is 2.22. The molecular formula is C30H35ClN4O3. The van der Waals surface area contributed by atoms with Gasteiger partial charge in [-0.3, -0.25) is 9.59 Å². The van der Waals surface area contributed by atoms with Gasteiger partial charge in [0.25, 0.3) is 5.56 Å². The quantitative estimate of drug-likeness (QED) is 0.397. The summed E-state index contributed by atoms with van der Waals surface area (Å²) in [7, 11) is 0. The van der Waals surface area contributed by atoms with Crippen molar-refractivity contribution < 1.29 is 9.90 Å². The highest BCUT2D eigenvalue weighted by Crippen LogP contribution is 2.38. The Balaban J connectivity index is 1.74. The number of hydrogen-bond acceptors (Lipinski definition) is 5. The number of rotatable bonds is 8. The largest absolute Gasteiger partial charge is 0.389 e. The number of fused-ring (bicyclic) bond motifs is 2. The fourth-order valence-corrected chi connectivity index (χ4v) is 5.09. The van der Waals surface area contributed by atoms with Gasteiger partial charge in [0.05, 0.1) is 22.9 Å². The smallest absolute Gasteiger partial charge is 0.258 e. The van der Waals surface area contributed by atoms with Crippen molar-refractivity contribution in [3.8, 4) is 11.1 Å². The van der Waals surface area contributed by atoms with Crippen LogP contribution in [0.25, 0.3) is 28.0 Å². The van der Waals surface area contributed by atoms with Gasteiger partial charge in [0, 0.05) is 42.2 Å². The van der Waals surface area contributed by atoms with Crippen LogP contribution in [0.1, 0.15) is 52.5 Å². The molecule has 0 spiro atoms. The number of nitrogens with zero attached hydrogens (tertiary/aromatic N) is 3. The fraction of sp³-hybridized carbons (Fsp3) is 0.367. The Labute approximate surface area is 228 Å². The molecule has 1 aliphatic rings. The molecule has 2 heterocycles. The molecule has 0 unspecified atom stereocenters. The number of pyridine rings is 1. The lowest BCUT2D eigenvalue weighted by atomic mass is 9.98. The molecule has 0 saturated heterocycles. The van der Waals surface area contributed by atoms with Crippen LogP contribution < -0.4 is 11.3 Å². The second-order valence-electron chi connectivity index (χ2n) is 10.5. The molecule has 38 heavy (non-hydrogen) atoms. The Morgan fingerprint density at radius 1 is 1.13 bits per heavy atom. The van der Waals surface area contributed by atoms with Crippen LogP contribution in [0.15, 0.2) is 58.0 Å². The summed E-state index contributed by atoms with van der Waals surface area (Å²) in [6.45, 7) is 9.03. The summed E-state index contributed by atoms with van der Waals surface area (Å²) in [6.07, 6.45) is 5.53. The van der Waals surface area contributed by atoms with Crippen molar-refractivity contribution in [2.45, 2.75) is 59.1 Å². The van der Waals surface area contributed by atoms with Gasteiger partial charge in [-0.15, -0.1) is 0 Å². The molecule has 0 fully saturated rings. The molecule has 0 saturated carbocycles. The Kier molecular flexibility index (Phi) is 8.09. The molecule has 0 atom stereocenters. The van der Waals surface area contributed by atoms with E-state index in [9.17, 15) is 14.7 Å². The zero-order valence-electron chi connectivity index (χ0n) is 22.4. The van der Waals surface area contributed by atoms with Gasteiger partial charge in [0.15, 0.2) is 0 Å². The molecule has 0 radical (unpaired) electrons. The lowest BCUT2D eigenvalue weighted by Crippen LogP contribution is -2.34. The van der Waals surface area contributed by atoms with Crippen molar-refractivity contribution in [3.63, 3.8) is 0 Å². The molecule has 3 aromatic rings. The van der Waals surface area contributed by atoms with Crippen LogP contribution in [0.5, 0.6) is 0 Å². The Bertz CT molecular complexity index is 1490. The predicted octanol–water partition coefficient (Wildman–Crippen LogP) is 5.52. The van der Waals surface area contributed by atoms with Crippen molar-refractivity contribution in [2.75, 3.05) is 13.1 Å². The molecule has 3 N–H and O–H groups in total. The summed E-state index contributed by atoms with van der Waals surface area (Å²) >= 11 is 6.76. The van der Waals surface area contributed by atoms with Gasteiger partial charge in [-0.25, -0.2) is 4.99 Å². The summed E-state index contributed by atoms with van der Waals surface area (Å²) in [4.78, 5) is 32.7. The second kappa shape index (κ2) is 11.1. The van der Waals surface area contributed by atoms with Gasteiger partial charge in [0.1, 0.15) is 5.84 Å². The number of carbonyl (C=O) groups excluding carboxylic acids is 1. The summed E-state index contributed by atoms with van der Waals surface area (Å²) in [6, 6.07) is 11.2. The summed E-state index contributed by atoms with van der Waals surface area (Å²) in [5, 5.41) is 12.0. The molecule has 0 bridgehead atoms. The SMILES string of the molecule is CCCN(CCC)C(=O)C1=Cc2c(Cl)cc(-c3ccc4c(=O)n(CC(C)(C)O)ccc4c3)cc2N=C(N)C1. The van der Waals surface area contributed by atoms with Crippen molar-refractivity contribution in [1.29, 1.82) is 0 Å². The molecule has 1 amide bonds. The lowest BCUT2D eigenvalue weighted by Gasteiger charge is -2.22. The van der Waals surface area contributed by atoms with Crippen LogP contribution in [-0.4, -0.2) is 45.0 Å². The second-order valence-corrected chi connectivity index (χ2v) is 10.9. The highest BCUT2D eigenvalue weighted by molar-refractivity contribution is 6.33. The predicted molar refractivity (Wildman–Crippen MR) is 156 cm³/mol. The van der Waals surface area contributed by atoms with Crippen LogP contribution in [0, 0.1) is 0 Å². The number of halogens is 1. The van der Waals surface area contributed by atoms with E-state index < -0.39 is 5.60 Å². The van der Waals surface area contributed by atoms with E-state index in [1.54, 1.807) is 26.1 Å². The van der Waals surface area contributed by atoms with Crippen molar-refractivity contribution in [1.82, 2.24) is 9.47 Å². The van der Waals surface area contributed by atoms with Gasteiger partial charge in [0.2, 0.25) is 5.91 Å². The van der Waals surface area contributed by atoms with E-state index in [0.29, 0.717) is 46.2 Å². The first-order valence-corrected chi connectivity index (χ1v) is 13.4. The maximum Gasteiger partial charge on any atom is 0.258 e. The third-order valence-corrected chi connectivity index (χ3v) is 6.79. The average Bonchev–Trinajstić information content (AvgIpc) is 3.02. The number of aliphatic hydroxyl groups is 1. The lowest BCUT2D eigenvalue weighted by molar-refractivity contribution is -0.127. The highest BCUT2D eigenvalue weighted by atomic mass is 35.5. The molecule has 1 aromatic heterocycles. The normalized spacial score (nSPS) is 13.5. The standard InChI is InChI=1S/C30H35ClN4O3/c1-5-10-34(11-6-2)28(36)22-14-24-25(31)15-21(16-26(24)33-27(32)17-22)19-7-8-23-20(13-19)9-12-35(29(23)37)18-30(3,4)38/h7-9,12-16,38H,5-6,10-11,17-18H2,1-4H3,(H2,32,33). The molecule has 2 aromatic carbocycles. The van der Waals surface area contributed by atoms with E-state index in [0.717, 1.165) is 29.4 Å². The third-order valence-electron chi connectivity index (χ3n) is 6.48. The number of aromatic nitrogens is 1. The van der Waals surface area contributed by atoms with Crippen LogP contribution in [0.3, 0.4) is 0 Å². The van der Waals surface area contributed by atoms with E-state index in [4.69, 9.17) is 17.3 Å². The van der Waals surface area contributed by atoms with Gasteiger partial charge in [-0.1, -0.05) is 31.5 Å². The van der Waals surface area contributed by atoms with Gasteiger partial charge in [-0.2, -0.15) is 0 Å². The minimum atomic E-state index is -0.998. The number of carbonyl (C=O) groups is 1. The third kappa shape index (κ3) is 6.00. The Morgan fingerprint density at radius 2 is 1.84 bits per heavy atom. The van der Waals surface area contributed by atoms with E-state index in [1.165, 1.54) is 4.57 Å². The van der Waals surface area contributed by atoms with Gasteiger partial charge >= 0.3 is 0 Å². The van der Waals surface area contributed by atoms with Crippen molar-refractivity contribution in [2.24, 2.45) is 10.7 Å². The monoisotopic (exact) mass is 534 g/mol. The summed E-state index contributed by atoms with van der Waals surface area (Å²) in [5.41, 5.74) is 8.65. The molecular weight excluding hydrogens is 500 g/mol. The number of benzene rings is 2. The van der Waals surface area contributed by atoms with E-state index >= 15 is 0 Å². The van der Waals surface area contributed by atoms with Crippen molar-refractivity contribution >= 4 is 45.9 Å². The number of hydrogen-bond donors (Lipinski definition) is 2. The number of nitrogens with two attached hydrogens (primary N) is 1. The average molecular weight is 535 g/mol. The Hall–Kier alpha value is -3.42. The first-order valence-electron chi connectivity index (χ1n) is 13.0. The fourth-order valence-electron chi connectivity index (χ4n) is 4.82. The van der Waals surface area contributed by atoms with Crippen LogP contribution in [0.2, 0.25) is 5.02 Å². The molecule has 0 aliphatic carbocycles. The topological polar surface area (TPSA) is 101 Å². The zero-order chi connectivity index (χ0) is 27.6. The van der Waals surface area contributed by atoms with E-state index in [1.807, 2.05) is 41.3 Å². The first-order chi connectivity index (χ1) is 18.0. The van der Waals surface area contributed by atoms with Crippen molar-refractivity contribution in [3.05, 3.63) is 69.1 Å². The van der Waals surface area contributed by atoms with Gasteiger partial charge in [-0.05, 0) is 79.6 Å². The maximum absolute atomic E-state index is 13.3. The molecule has 200 valence electrons. The maximum atomic E-state index is 13.3. The Morgan fingerprint density at radius 3 is 2.50 bits per heavy atom. The molecule has 4 rings (SSSR count). The van der Waals surface area contributed by atoms with Crippen LogP contribution in [0.4, 0.5) is 5.69 Å². The van der Waals surface area contributed by atoms with E-state index in [-0.39, 0.29) is 24.4 Å². The first kappa shape index (κ1) is 27.6. The number of aliphatic imine (C=N–C) groups is 1. The number of amides is 1. The minimum absolute atomic E-state index is 0.0374. The zero-order valence-corrected chi connectivity index (χ0v) is 23.2. The van der Waals surface area contributed by atoms with Gasteiger partial charge < -0.3 is 20.3 Å². The number of amidine groups is 1. The van der Waals surface area contributed by atoms with Crippen LogP contribution in [-0.2, 0) is 11.3 Å². The molecule has 1 aliphatic heterocycles. The minimum Gasteiger partial charge on any atom is -0.389 e. The molecule has 7 nitrogen and oxygen atoms in total. The summed E-state index contributed by atoms with van der Waals surface area (Å²) < 4.78 is 1.52. The summed E-state index contributed by atoms with van der Waals surface area (Å²) in [5.74, 6) is 0.319. The van der Waals surface area contributed by atoms with Crippen LogP contribution >= 0.6 is 11.6 Å².